The van der Waals surface area contributed by atoms with E-state index in [0.29, 0.717) is 17.5 Å². The monoisotopic (exact) mass is 334 g/mol. The maximum atomic E-state index is 11.1. The summed E-state index contributed by atoms with van der Waals surface area (Å²) in [6.45, 7) is 8.41. The Labute approximate surface area is 144 Å². The normalized spacial score (nSPS) is 16.5. The van der Waals surface area contributed by atoms with Crippen LogP contribution in [0.5, 0.6) is 5.75 Å². The number of ether oxygens (including phenoxy) is 1. The van der Waals surface area contributed by atoms with E-state index in [-0.39, 0.29) is 5.41 Å². The summed E-state index contributed by atoms with van der Waals surface area (Å²) in [5.74, 6) is 0.334. The number of nitrogen functional groups attached to an aromatic ring is 1. The number of hydrogen-bond donors (Lipinski definition) is 2. The number of rotatable bonds is 3. The fourth-order valence-corrected chi connectivity index (χ4v) is 3.27. The van der Waals surface area contributed by atoms with E-state index in [0.717, 1.165) is 37.2 Å². The third-order valence-corrected chi connectivity index (χ3v) is 4.68. The Balaban J connectivity index is 2.37. The van der Waals surface area contributed by atoms with Crippen LogP contribution in [0, 0.1) is 0 Å². The van der Waals surface area contributed by atoms with Crippen LogP contribution in [0.15, 0.2) is 12.1 Å². The van der Waals surface area contributed by atoms with E-state index >= 15 is 0 Å². The molecular weight excluding hydrogens is 304 g/mol. The van der Waals surface area contributed by atoms with Crippen LogP contribution < -0.4 is 21.1 Å². The van der Waals surface area contributed by atoms with Crippen molar-refractivity contribution in [2.24, 2.45) is 5.73 Å². The molecule has 0 unspecified atom stereocenters. The molecule has 1 fully saturated rings. The highest BCUT2D eigenvalue weighted by atomic mass is 16.5. The van der Waals surface area contributed by atoms with Gasteiger partial charge in [0.05, 0.1) is 5.69 Å². The lowest BCUT2D eigenvalue weighted by atomic mass is 9.84. The summed E-state index contributed by atoms with van der Waals surface area (Å²) in [6.07, 6.45) is 1.36. The quantitative estimate of drug-likeness (QED) is 0.830. The van der Waals surface area contributed by atoms with Gasteiger partial charge in [-0.1, -0.05) is 20.8 Å². The van der Waals surface area contributed by atoms with Gasteiger partial charge in [0.25, 0.3) is 0 Å². The van der Waals surface area contributed by atoms with Crippen LogP contribution in [0.25, 0.3) is 0 Å². The van der Waals surface area contributed by atoms with Gasteiger partial charge in [-0.25, -0.2) is 4.79 Å². The van der Waals surface area contributed by atoms with Crippen molar-refractivity contribution in [1.82, 2.24) is 4.90 Å². The minimum Gasteiger partial charge on any atom is -0.408 e. The van der Waals surface area contributed by atoms with E-state index in [2.05, 4.69) is 44.7 Å². The first-order chi connectivity index (χ1) is 11.1. The van der Waals surface area contributed by atoms with Crippen molar-refractivity contribution in [2.75, 3.05) is 37.8 Å². The van der Waals surface area contributed by atoms with Gasteiger partial charge in [-0.05, 0) is 44.0 Å². The van der Waals surface area contributed by atoms with Crippen LogP contribution in [0.2, 0.25) is 0 Å². The molecule has 0 saturated carbocycles. The third kappa shape index (κ3) is 4.12. The number of benzene rings is 1. The number of piperidine rings is 1. The Kier molecular flexibility index (Phi) is 5.28. The number of primary amides is 1. The van der Waals surface area contributed by atoms with Gasteiger partial charge in [0.1, 0.15) is 0 Å². The number of hydrogen-bond acceptors (Lipinski definition) is 5. The molecule has 6 heteroatoms. The minimum absolute atomic E-state index is 0.0624. The molecule has 0 atom stereocenters. The van der Waals surface area contributed by atoms with Crippen molar-refractivity contribution >= 4 is 17.5 Å². The van der Waals surface area contributed by atoms with Crippen molar-refractivity contribution in [3.05, 3.63) is 17.7 Å². The van der Waals surface area contributed by atoms with Crippen LogP contribution in [0.4, 0.5) is 16.2 Å². The number of carbonyl (C=O) groups excluding carboxylic acids is 1. The Morgan fingerprint density at radius 2 is 1.83 bits per heavy atom. The lowest BCUT2D eigenvalue weighted by Crippen LogP contribution is -2.42. The molecule has 1 aromatic carbocycles. The molecule has 1 aliphatic rings. The second-order valence-corrected chi connectivity index (χ2v) is 7.76. The predicted molar refractivity (Wildman–Crippen MR) is 98.7 cm³/mol. The number of carbonyl (C=O) groups is 1. The molecule has 134 valence electrons. The molecule has 4 N–H and O–H groups in total. The summed E-state index contributed by atoms with van der Waals surface area (Å²) in [5, 5.41) is 0. The summed E-state index contributed by atoms with van der Waals surface area (Å²) in [5.41, 5.74) is 13.8. The molecule has 1 amide bonds. The first-order valence-corrected chi connectivity index (χ1v) is 8.42. The largest absolute Gasteiger partial charge is 0.410 e. The van der Waals surface area contributed by atoms with Gasteiger partial charge in [-0.3, -0.25) is 0 Å². The molecule has 1 aromatic rings. The van der Waals surface area contributed by atoms with Gasteiger partial charge in [0, 0.05) is 30.9 Å². The van der Waals surface area contributed by atoms with Crippen molar-refractivity contribution in [3.8, 4) is 5.75 Å². The highest BCUT2D eigenvalue weighted by molar-refractivity contribution is 5.75. The molecule has 0 bridgehead atoms. The molecule has 24 heavy (non-hydrogen) atoms. The van der Waals surface area contributed by atoms with E-state index in [9.17, 15) is 4.79 Å². The van der Waals surface area contributed by atoms with E-state index in [1.807, 2.05) is 12.1 Å². The Hall–Kier alpha value is -1.95. The van der Waals surface area contributed by atoms with E-state index in [1.54, 1.807) is 0 Å². The number of amides is 1. The summed E-state index contributed by atoms with van der Waals surface area (Å²) < 4.78 is 5.08. The highest BCUT2D eigenvalue weighted by Gasteiger charge is 2.27. The van der Waals surface area contributed by atoms with Crippen LogP contribution in [0.3, 0.4) is 0 Å². The molecular formula is C18H30N4O2. The molecule has 0 radical (unpaired) electrons. The van der Waals surface area contributed by atoms with Gasteiger partial charge >= 0.3 is 6.09 Å². The lowest BCUT2D eigenvalue weighted by molar-refractivity contribution is 0.211. The SMILES string of the molecule is CN(C)C1CCN(c2cc(OC(N)=O)c(N)cc2C(C)(C)C)CC1. The zero-order chi connectivity index (χ0) is 18.1. The van der Waals surface area contributed by atoms with Crippen molar-refractivity contribution in [3.63, 3.8) is 0 Å². The maximum Gasteiger partial charge on any atom is 0.410 e. The Bertz CT molecular complexity index is 600. The van der Waals surface area contributed by atoms with Crippen molar-refractivity contribution in [2.45, 2.75) is 45.1 Å². The standard InChI is InChI=1S/C18H30N4O2/c1-18(2,3)13-10-14(19)16(24-17(20)23)11-15(13)22-8-6-12(7-9-22)21(4)5/h10-12H,6-9,19H2,1-5H3,(H2,20,23). The van der Waals surface area contributed by atoms with Crippen LogP contribution in [-0.4, -0.2) is 44.2 Å². The molecule has 0 aromatic heterocycles. The van der Waals surface area contributed by atoms with Crippen molar-refractivity contribution in [1.29, 1.82) is 0 Å². The van der Waals surface area contributed by atoms with E-state index in [1.165, 1.54) is 0 Å². The summed E-state index contributed by atoms with van der Waals surface area (Å²) in [4.78, 5) is 15.8. The molecule has 6 nitrogen and oxygen atoms in total. The number of nitrogens with two attached hydrogens (primary N) is 2. The summed E-state index contributed by atoms with van der Waals surface area (Å²) >= 11 is 0. The van der Waals surface area contributed by atoms with Gasteiger partial charge in [0.15, 0.2) is 5.75 Å². The average molecular weight is 334 g/mol. The minimum atomic E-state index is -0.845. The van der Waals surface area contributed by atoms with Crippen LogP contribution in [-0.2, 0) is 5.41 Å². The Morgan fingerprint density at radius 1 is 1.25 bits per heavy atom. The summed E-state index contributed by atoms with van der Waals surface area (Å²) in [6, 6.07) is 4.37. The van der Waals surface area contributed by atoms with E-state index in [4.69, 9.17) is 16.2 Å². The topological polar surface area (TPSA) is 84.8 Å². The maximum absolute atomic E-state index is 11.1. The van der Waals surface area contributed by atoms with Gasteiger partial charge in [0.2, 0.25) is 0 Å². The Morgan fingerprint density at radius 3 is 2.29 bits per heavy atom. The molecule has 2 rings (SSSR count). The zero-order valence-electron chi connectivity index (χ0n) is 15.4. The van der Waals surface area contributed by atoms with Crippen LogP contribution in [0.1, 0.15) is 39.2 Å². The molecule has 0 aliphatic carbocycles. The second kappa shape index (κ2) is 6.89. The number of anilines is 2. The predicted octanol–water partition coefficient (Wildman–Crippen LogP) is 2.55. The smallest absolute Gasteiger partial charge is 0.408 e. The van der Waals surface area contributed by atoms with E-state index < -0.39 is 6.09 Å². The molecule has 1 aliphatic heterocycles. The number of nitrogens with zero attached hydrogens (tertiary/aromatic N) is 2. The third-order valence-electron chi connectivity index (χ3n) is 4.68. The zero-order valence-corrected chi connectivity index (χ0v) is 15.4. The second-order valence-electron chi connectivity index (χ2n) is 7.76. The average Bonchev–Trinajstić information content (AvgIpc) is 2.47. The van der Waals surface area contributed by atoms with Gasteiger partial charge in [-0.15, -0.1) is 0 Å². The highest BCUT2D eigenvalue weighted by Crippen LogP contribution is 2.39. The van der Waals surface area contributed by atoms with Crippen molar-refractivity contribution < 1.29 is 9.53 Å². The summed E-state index contributed by atoms with van der Waals surface area (Å²) in [7, 11) is 4.26. The molecule has 0 spiro atoms. The molecule has 1 heterocycles. The lowest BCUT2D eigenvalue weighted by Gasteiger charge is -2.39. The van der Waals surface area contributed by atoms with Crippen LogP contribution >= 0.6 is 0 Å². The fourth-order valence-electron chi connectivity index (χ4n) is 3.27. The first-order valence-electron chi connectivity index (χ1n) is 8.42. The first kappa shape index (κ1) is 18.4. The fraction of sp³-hybridized carbons (Fsp3) is 0.611. The molecule has 1 saturated heterocycles. The van der Waals surface area contributed by atoms with Gasteiger partial charge in [-0.2, -0.15) is 0 Å². The van der Waals surface area contributed by atoms with Gasteiger partial charge < -0.3 is 26.0 Å².